The van der Waals surface area contributed by atoms with Crippen molar-refractivity contribution < 1.29 is 23.9 Å². The molecule has 2 heterocycles. The van der Waals surface area contributed by atoms with Gasteiger partial charge in [0.05, 0.1) is 13.1 Å². The lowest BCUT2D eigenvalue weighted by Crippen LogP contribution is -2.49. The Morgan fingerprint density at radius 3 is 2.08 bits per heavy atom. The Bertz CT molecular complexity index is 1110. The predicted molar refractivity (Wildman–Crippen MR) is 155 cm³/mol. The molecule has 0 unspecified atom stereocenters. The zero-order valence-electron chi connectivity index (χ0n) is 22.7. The van der Waals surface area contributed by atoms with Crippen molar-refractivity contribution in [2.24, 2.45) is 0 Å². The van der Waals surface area contributed by atoms with Gasteiger partial charge in [-0.15, -0.1) is 22.7 Å². The SMILES string of the molecule is CC(C)(C)OC(=O)N[C@@H](CCCCNC(=O)OCc1ccccc1)C(=O)N(Cc1cccs1)Cc1cccs1. The van der Waals surface area contributed by atoms with Gasteiger partial charge in [-0.05, 0) is 68.5 Å². The molecule has 0 aliphatic heterocycles. The number of amides is 3. The quantitative estimate of drug-likeness (QED) is 0.234. The minimum absolute atomic E-state index is 0.169. The Kier molecular flexibility index (Phi) is 11.8. The monoisotopic (exact) mass is 571 g/mol. The first-order valence-corrected chi connectivity index (χ1v) is 14.7. The number of carbonyl (C=O) groups excluding carboxylic acids is 3. The zero-order chi connectivity index (χ0) is 28.1. The number of nitrogens with one attached hydrogen (secondary N) is 2. The average Bonchev–Trinajstić information content (AvgIpc) is 3.60. The van der Waals surface area contributed by atoms with Crippen molar-refractivity contribution in [2.75, 3.05) is 6.54 Å². The number of unbranched alkanes of at least 4 members (excludes halogenated alkanes) is 1. The molecular weight excluding hydrogens is 534 g/mol. The molecule has 3 rings (SSSR count). The summed E-state index contributed by atoms with van der Waals surface area (Å²) in [7, 11) is 0. The molecule has 1 aromatic carbocycles. The summed E-state index contributed by atoms with van der Waals surface area (Å²) in [6.45, 7) is 6.86. The van der Waals surface area contributed by atoms with Crippen LogP contribution >= 0.6 is 22.7 Å². The van der Waals surface area contributed by atoms with E-state index < -0.39 is 23.8 Å². The maximum Gasteiger partial charge on any atom is 0.408 e. The lowest BCUT2D eigenvalue weighted by atomic mass is 10.1. The van der Waals surface area contributed by atoms with Crippen molar-refractivity contribution in [3.8, 4) is 0 Å². The van der Waals surface area contributed by atoms with Crippen LogP contribution in [0.15, 0.2) is 65.4 Å². The van der Waals surface area contributed by atoms with E-state index in [0.29, 0.717) is 38.9 Å². The number of hydrogen-bond donors (Lipinski definition) is 2. The van der Waals surface area contributed by atoms with Crippen LogP contribution in [0.3, 0.4) is 0 Å². The van der Waals surface area contributed by atoms with Gasteiger partial charge in [0.25, 0.3) is 0 Å². The van der Waals surface area contributed by atoms with Crippen LogP contribution in [-0.2, 0) is 34.0 Å². The molecule has 10 heteroatoms. The van der Waals surface area contributed by atoms with Gasteiger partial charge in [-0.1, -0.05) is 42.5 Å². The number of carbonyl (C=O) groups is 3. The fourth-order valence-electron chi connectivity index (χ4n) is 3.76. The molecule has 0 spiro atoms. The van der Waals surface area contributed by atoms with Gasteiger partial charge in [0.2, 0.25) is 5.91 Å². The second-order valence-electron chi connectivity index (χ2n) is 10.0. The van der Waals surface area contributed by atoms with E-state index in [-0.39, 0.29) is 12.5 Å². The predicted octanol–water partition coefficient (Wildman–Crippen LogP) is 6.33. The number of benzene rings is 1. The number of thiophene rings is 2. The van der Waals surface area contributed by atoms with Gasteiger partial charge in [-0.3, -0.25) is 4.79 Å². The Hall–Kier alpha value is -3.37. The third-order valence-electron chi connectivity index (χ3n) is 5.56. The summed E-state index contributed by atoms with van der Waals surface area (Å²) in [4.78, 5) is 42.3. The smallest absolute Gasteiger partial charge is 0.408 e. The van der Waals surface area contributed by atoms with E-state index in [1.54, 1.807) is 48.3 Å². The van der Waals surface area contributed by atoms with Crippen LogP contribution in [0, 0.1) is 0 Å². The van der Waals surface area contributed by atoms with Crippen LogP contribution in [-0.4, -0.2) is 41.2 Å². The summed E-state index contributed by atoms with van der Waals surface area (Å²) in [6.07, 6.45) is 0.518. The van der Waals surface area contributed by atoms with E-state index in [4.69, 9.17) is 9.47 Å². The molecule has 0 fully saturated rings. The Morgan fingerprint density at radius 1 is 0.872 bits per heavy atom. The van der Waals surface area contributed by atoms with Gasteiger partial charge >= 0.3 is 12.2 Å². The molecule has 8 nitrogen and oxygen atoms in total. The third kappa shape index (κ3) is 11.5. The molecule has 3 aromatic rings. The highest BCUT2D eigenvalue weighted by Gasteiger charge is 2.28. The molecule has 0 aliphatic carbocycles. The van der Waals surface area contributed by atoms with Crippen LogP contribution in [0.5, 0.6) is 0 Å². The summed E-state index contributed by atoms with van der Waals surface area (Å²) in [5.74, 6) is -0.169. The highest BCUT2D eigenvalue weighted by molar-refractivity contribution is 7.10. The van der Waals surface area contributed by atoms with Crippen LogP contribution in [0.1, 0.15) is 55.4 Å². The molecule has 0 saturated heterocycles. The molecule has 2 aromatic heterocycles. The van der Waals surface area contributed by atoms with Gasteiger partial charge in [-0.25, -0.2) is 9.59 Å². The van der Waals surface area contributed by atoms with Gasteiger partial charge in [0.15, 0.2) is 0 Å². The number of rotatable bonds is 13. The average molecular weight is 572 g/mol. The molecule has 0 bridgehead atoms. The molecule has 3 amide bonds. The second-order valence-corrected chi connectivity index (χ2v) is 12.1. The largest absolute Gasteiger partial charge is 0.445 e. The van der Waals surface area contributed by atoms with Crippen LogP contribution in [0.4, 0.5) is 9.59 Å². The minimum Gasteiger partial charge on any atom is -0.445 e. The zero-order valence-corrected chi connectivity index (χ0v) is 24.3. The molecule has 2 N–H and O–H groups in total. The fraction of sp³-hybridized carbons (Fsp3) is 0.414. The van der Waals surface area contributed by atoms with Gasteiger partial charge in [0.1, 0.15) is 18.2 Å². The van der Waals surface area contributed by atoms with Gasteiger partial charge in [-0.2, -0.15) is 0 Å². The van der Waals surface area contributed by atoms with Crippen molar-refractivity contribution in [3.05, 3.63) is 80.7 Å². The van der Waals surface area contributed by atoms with Gasteiger partial charge in [0, 0.05) is 16.3 Å². The van der Waals surface area contributed by atoms with E-state index in [1.165, 1.54) is 0 Å². The second kappa shape index (κ2) is 15.3. The van der Waals surface area contributed by atoms with Crippen LogP contribution < -0.4 is 10.6 Å². The molecule has 39 heavy (non-hydrogen) atoms. The maximum absolute atomic E-state index is 13.8. The Morgan fingerprint density at radius 2 is 1.51 bits per heavy atom. The first-order valence-electron chi connectivity index (χ1n) is 13.0. The van der Waals surface area contributed by atoms with E-state index in [9.17, 15) is 14.4 Å². The molecule has 0 radical (unpaired) electrons. The number of ether oxygens (including phenoxy) is 2. The third-order valence-corrected chi connectivity index (χ3v) is 7.28. The molecule has 210 valence electrons. The highest BCUT2D eigenvalue weighted by atomic mass is 32.1. The summed E-state index contributed by atoms with van der Waals surface area (Å²) in [6, 6.07) is 16.6. The fourth-order valence-corrected chi connectivity index (χ4v) is 5.20. The normalized spacial score (nSPS) is 11.9. The first kappa shape index (κ1) is 30.2. The van der Waals surface area contributed by atoms with Crippen molar-refractivity contribution in [2.45, 2.75) is 71.4 Å². The highest BCUT2D eigenvalue weighted by Crippen LogP contribution is 2.19. The topological polar surface area (TPSA) is 97.0 Å². The summed E-state index contributed by atoms with van der Waals surface area (Å²) in [5.41, 5.74) is 0.229. The minimum atomic E-state index is -0.759. The number of hydrogen-bond acceptors (Lipinski definition) is 7. The number of nitrogens with zero attached hydrogens (tertiary/aromatic N) is 1. The lowest BCUT2D eigenvalue weighted by molar-refractivity contribution is -0.134. The van der Waals surface area contributed by atoms with E-state index in [0.717, 1.165) is 15.3 Å². The van der Waals surface area contributed by atoms with Crippen molar-refractivity contribution in [1.29, 1.82) is 0 Å². The molecular formula is C29H37N3O5S2. The molecule has 0 aliphatic rings. The van der Waals surface area contributed by atoms with Crippen molar-refractivity contribution in [3.63, 3.8) is 0 Å². The lowest BCUT2D eigenvalue weighted by Gasteiger charge is -2.28. The first-order chi connectivity index (χ1) is 18.7. The standard InChI is InChI=1S/C29H37N3O5S2/c1-29(2,3)37-28(35)31-25(15-7-8-16-30-27(34)36-21-22-11-5-4-6-12-22)26(33)32(19-23-13-9-17-38-23)20-24-14-10-18-39-24/h4-6,9-14,17-18,25H,7-8,15-16,19-21H2,1-3H3,(H,30,34)(H,31,35)/t25-/m0/s1. The van der Waals surface area contributed by atoms with E-state index >= 15 is 0 Å². The molecule has 0 saturated carbocycles. The van der Waals surface area contributed by atoms with E-state index in [1.807, 2.05) is 65.4 Å². The Balaban J connectivity index is 1.57. The molecule has 1 atom stereocenters. The van der Waals surface area contributed by atoms with Crippen molar-refractivity contribution >= 4 is 40.8 Å². The van der Waals surface area contributed by atoms with E-state index in [2.05, 4.69) is 10.6 Å². The van der Waals surface area contributed by atoms with Crippen LogP contribution in [0.25, 0.3) is 0 Å². The van der Waals surface area contributed by atoms with Gasteiger partial charge < -0.3 is 25.0 Å². The van der Waals surface area contributed by atoms with Crippen LogP contribution in [0.2, 0.25) is 0 Å². The summed E-state index contributed by atoms with van der Waals surface area (Å²) in [5, 5.41) is 9.50. The maximum atomic E-state index is 13.8. The van der Waals surface area contributed by atoms with Crippen molar-refractivity contribution in [1.82, 2.24) is 15.5 Å². The number of alkyl carbamates (subject to hydrolysis) is 2. The Labute approximate surface area is 238 Å². The summed E-state index contributed by atoms with van der Waals surface area (Å²) >= 11 is 3.18. The summed E-state index contributed by atoms with van der Waals surface area (Å²) < 4.78 is 10.7.